The highest BCUT2D eigenvalue weighted by Crippen LogP contribution is 2.30. The lowest BCUT2D eigenvalue weighted by Gasteiger charge is -2.36. The Kier molecular flexibility index (Phi) is 14.5. The summed E-state index contributed by atoms with van der Waals surface area (Å²) in [6.07, 6.45) is 1.78. The van der Waals surface area contributed by atoms with Gasteiger partial charge in [-0.2, -0.15) is 0 Å². The number of carbonyl (C=O) groups is 1. The van der Waals surface area contributed by atoms with Gasteiger partial charge in [0.2, 0.25) is 0 Å². The minimum atomic E-state index is -4.43. The first-order chi connectivity index (χ1) is 28.9. The number of anilines is 2. The zero-order chi connectivity index (χ0) is 42.1. The molecule has 11 nitrogen and oxygen atoms in total. The average molecular weight is 889 g/mol. The number of hydrogen-bond acceptors (Lipinski definition) is 11. The third-order valence-corrected chi connectivity index (χ3v) is 14.7. The van der Waals surface area contributed by atoms with Gasteiger partial charge in [0.25, 0.3) is 15.9 Å². The molecule has 5 aromatic rings. The maximum atomic E-state index is 13.6. The molecule has 1 atom stereocenters. The molecule has 2 heterocycles. The van der Waals surface area contributed by atoms with Gasteiger partial charge in [-0.25, -0.2) is 21.6 Å². The second kappa shape index (κ2) is 20.0. The minimum absolute atomic E-state index is 0.129. The van der Waals surface area contributed by atoms with Crippen LogP contribution in [0.2, 0.25) is 5.02 Å². The van der Waals surface area contributed by atoms with Crippen molar-refractivity contribution >= 4 is 60.5 Å². The van der Waals surface area contributed by atoms with E-state index in [0.717, 1.165) is 87.2 Å². The standard InChI is InChI=1S/C45H50ClN5O6S3/c1-59(53,54)44-31-41(19-20-43(44)47-38(21-22-49-27-29-57-30-28-49)33-58-40-8-3-2-4-9-40)60(55,56)48-45(52)35-13-17-39(18-14-35)51-25-23-50(24-26-51)32-36-7-5-6-10-42(36)34-11-15-37(46)16-12-34/h2-20,31,38,47H,21-30,32-33H2,1H3,(H,48,52)/t38-/m1/s1. The summed E-state index contributed by atoms with van der Waals surface area (Å²) in [7, 11) is -8.31. The first kappa shape index (κ1) is 43.7. The Morgan fingerprint density at radius 3 is 2.17 bits per heavy atom. The van der Waals surface area contributed by atoms with Crippen LogP contribution in [0.4, 0.5) is 11.4 Å². The van der Waals surface area contributed by atoms with Gasteiger partial charge in [0, 0.05) is 91.6 Å². The van der Waals surface area contributed by atoms with Crippen molar-refractivity contribution in [3.8, 4) is 11.1 Å². The number of sulfone groups is 1. The predicted octanol–water partition coefficient (Wildman–Crippen LogP) is 7.15. The van der Waals surface area contributed by atoms with Crippen LogP contribution in [0.15, 0.2) is 136 Å². The smallest absolute Gasteiger partial charge is 0.264 e. The summed E-state index contributed by atoms with van der Waals surface area (Å²) >= 11 is 7.79. The van der Waals surface area contributed by atoms with E-state index in [-0.39, 0.29) is 21.4 Å². The van der Waals surface area contributed by atoms with Crippen LogP contribution >= 0.6 is 23.4 Å². The van der Waals surface area contributed by atoms with E-state index in [1.807, 2.05) is 72.8 Å². The number of morpholine rings is 1. The molecular weight excluding hydrogens is 838 g/mol. The van der Waals surface area contributed by atoms with Gasteiger partial charge in [0.05, 0.1) is 28.7 Å². The second-order valence-electron chi connectivity index (χ2n) is 15.0. The molecular formula is C45H50ClN5O6S3. The summed E-state index contributed by atoms with van der Waals surface area (Å²) < 4.78 is 61.0. The normalized spacial score (nSPS) is 16.0. The average Bonchev–Trinajstić information content (AvgIpc) is 3.26. The third kappa shape index (κ3) is 11.7. The van der Waals surface area contributed by atoms with Gasteiger partial charge < -0.3 is 15.0 Å². The van der Waals surface area contributed by atoms with Crippen molar-refractivity contribution in [2.75, 3.05) is 81.3 Å². The number of nitrogens with zero attached hydrogens (tertiary/aromatic N) is 3. The molecule has 2 fully saturated rings. The highest BCUT2D eigenvalue weighted by Gasteiger charge is 2.25. The summed E-state index contributed by atoms with van der Waals surface area (Å²) in [5, 5.41) is 4.12. The zero-order valence-electron chi connectivity index (χ0n) is 33.5. The lowest BCUT2D eigenvalue weighted by atomic mass is 9.99. The van der Waals surface area contributed by atoms with Crippen molar-refractivity contribution in [2.24, 2.45) is 0 Å². The summed E-state index contributed by atoms with van der Waals surface area (Å²) in [4.78, 5) is 20.9. The number of piperazine rings is 1. The van der Waals surface area contributed by atoms with Gasteiger partial charge >= 0.3 is 0 Å². The van der Waals surface area contributed by atoms with Gasteiger partial charge in [0.1, 0.15) is 0 Å². The lowest BCUT2D eigenvalue weighted by Crippen LogP contribution is -2.46. The fourth-order valence-electron chi connectivity index (χ4n) is 7.43. The molecule has 2 N–H and O–H groups in total. The first-order valence-corrected chi connectivity index (χ1v) is 24.7. The van der Waals surface area contributed by atoms with E-state index in [0.29, 0.717) is 29.7 Å². The molecule has 0 unspecified atom stereocenters. The Balaban J connectivity index is 0.975. The number of rotatable bonds is 16. The SMILES string of the molecule is CS(=O)(=O)c1cc(S(=O)(=O)NC(=O)c2ccc(N3CCN(Cc4ccccc4-c4ccc(Cl)cc4)CC3)cc2)ccc1N[C@H](CCN1CCOCC1)CSc1ccccc1. The third-order valence-electron chi connectivity index (χ3n) is 10.8. The zero-order valence-corrected chi connectivity index (χ0v) is 36.7. The van der Waals surface area contributed by atoms with E-state index in [4.69, 9.17) is 16.3 Å². The molecule has 5 aromatic carbocycles. The van der Waals surface area contributed by atoms with Crippen molar-refractivity contribution in [3.63, 3.8) is 0 Å². The van der Waals surface area contributed by atoms with Crippen LogP contribution in [0.1, 0.15) is 22.3 Å². The van der Waals surface area contributed by atoms with Gasteiger partial charge in [-0.15, -0.1) is 11.8 Å². The van der Waals surface area contributed by atoms with E-state index in [1.54, 1.807) is 23.9 Å². The Labute approximate surface area is 363 Å². The highest BCUT2D eigenvalue weighted by molar-refractivity contribution is 7.99. The Bertz CT molecular complexity index is 2440. The molecule has 0 aromatic heterocycles. The van der Waals surface area contributed by atoms with Gasteiger partial charge in [0.15, 0.2) is 9.84 Å². The fraction of sp³-hybridized carbons (Fsp3) is 0.311. The van der Waals surface area contributed by atoms with Crippen molar-refractivity contribution in [1.29, 1.82) is 0 Å². The van der Waals surface area contributed by atoms with Gasteiger partial charge in [-0.3, -0.25) is 14.6 Å². The molecule has 0 spiro atoms. The van der Waals surface area contributed by atoms with Crippen LogP contribution in [0.3, 0.4) is 0 Å². The maximum Gasteiger partial charge on any atom is 0.264 e. The van der Waals surface area contributed by atoms with Crippen LogP contribution in [0.5, 0.6) is 0 Å². The molecule has 60 heavy (non-hydrogen) atoms. The first-order valence-electron chi connectivity index (χ1n) is 20.0. The molecule has 7 rings (SSSR count). The number of ether oxygens (including phenoxy) is 1. The number of benzene rings is 5. The van der Waals surface area contributed by atoms with Crippen LogP contribution in [-0.2, 0) is 31.1 Å². The number of thioether (sulfide) groups is 1. The minimum Gasteiger partial charge on any atom is -0.380 e. The molecule has 0 aliphatic carbocycles. The monoisotopic (exact) mass is 887 g/mol. The molecule has 0 bridgehead atoms. The van der Waals surface area contributed by atoms with Crippen molar-refractivity contribution < 1.29 is 26.4 Å². The van der Waals surface area contributed by atoms with Crippen LogP contribution in [0, 0.1) is 0 Å². The van der Waals surface area contributed by atoms with Crippen LogP contribution in [0.25, 0.3) is 11.1 Å². The Morgan fingerprint density at radius 2 is 1.47 bits per heavy atom. The predicted molar refractivity (Wildman–Crippen MR) is 241 cm³/mol. The number of amides is 1. The Morgan fingerprint density at radius 1 is 0.783 bits per heavy atom. The van der Waals surface area contributed by atoms with E-state index in [2.05, 4.69) is 42.9 Å². The van der Waals surface area contributed by atoms with E-state index < -0.39 is 25.8 Å². The van der Waals surface area contributed by atoms with Crippen LogP contribution in [-0.4, -0.2) is 110 Å². The molecule has 316 valence electrons. The number of hydrogen-bond donors (Lipinski definition) is 2. The number of halogens is 1. The lowest BCUT2D eigenvalue weighted by molar-refractivity contribution is 0.0370. The molecule has 15 heteroatoms. The highest BCUT2D eigenvalue weighted by atomic mass is 35.5. The molecule has 0 radical (unpaired) electrons. The van der Waals surface area contributed by atoms with E-state index in [1.165, 1.54) is 23.3 Å². The summed E-state index contributed by atoms with van der Waals surface area (Å²) in [6, 6.07) is 36.9. The second-order valence-corrected chi connectivity index (χ2v) is 20.2. The number of carbonyl (C=O) groups excluding carboxylic acids is 1. The summed E-state index contributed by atoms with van der Waals surface area (Å²) in [5.41, 5.74) is 4.97. The molecule has 2 aliphatic rings. The fourth-order valence-corrected chi connectivity index (χ4v) is 10.5. The topological polar surface area (TPSA) is 128 Å². The maximum absolute atomic E-state index is 13.6. The molecule has 2 aliphatic heterocycles. The molecule has 0 saturated carbocycles. The quantitative estimate of drug-likeness (QED) is 0.0982. The van der Waals surface area contributed by atoms with Crippen molar-refractivity contribution in [2.45, 2.75) is 33.7 Å². The Hall–Kier alpha value is -4.41. The van der Waals surface area contributed by atoms with Gasteiger partial charge in [-0.1, -0.05) is 66.2 Å². The number of nitrogens with one attached hydrogen (secondary N) is 2. The van der Waals surface area contributed by atoms with Crippen molar-refractivity contribution in [3.05, 3.63) is 137 Å². The molecule has 1 amide bonds. The van der Waals surface area contributed by atoms with E-state index in [9.17, 15) is 21.6 Å². The van der Waals surface area contributed by atoms with E-state index >= 15 is 0 Å². The van der Waals surface area contributed by atoms with Crippen molar-refractivity contribution in [1.82, 2.24) is 14.5 Å². The van der Waals surface area contributed by atoms with Crippen LogP contribution < -0.4 is 14.9 Å². The largest absolute Gasteiger partial charge is 0.380 e. The summed E-state index contributed by atoms with van der Waals surface area (Å²) in [6.45, 7) is 7.89. The van der Waals surface area contributed by atoms with Gasteiger partial charge in [-0.05, 0) is 89.8 Å². The number of sulfonamides is 1. The molecule has 2 saturated heterocycles. The summed E-state index contributed by atoms with van der Waals surface area (Å²) in [5.74, 6) is -0.154.